The molecule has 0 atom stereocenters. The van der Waals surface area contributed by atoms with E-state index in [2.05, 4.69) is 40.1 Å². The lowest BCUT2D eigenvalue weighted by Crippen LogP contribution is -2.41. The van der Waals surface area contributed by atoms with Crippen molar-refractivity contribution in [1.82, 2.24) is 9.80 Å². The molecule has 5 nitrogen and oxygen atoms in total. The highest BCUT2D eigenvalue weighted by atomic mass is 16.5. The van der Waals surface area contributed by atoms with Gasteiger partial charge < -0.3 is 24.0 Å². The molecule has 3 heterocycles. The summed E-state index contributed by atoms with van der Waals surface area (Å²) < 4.78 is 17.2. The van der Waals surface area contributed by atoms with Gasteiger partial charge in [-0.3, -0.25) is 0 Å². The molecular formula is C28H36N2O3. The fourth-order valence-electron chi connectivity index (χ4n) is 5.53. The maximum absolute atomic E-state index is 6.22. The van der Waals surface area contributed by atoms with Crippen LogP contribution in [0.15, 0.2) is 36.4 Å². The van der Waals surface area contributed by atoms with E-state index in [0.717, 1.165) is 56.3 Å². The monoisotopic (exact) mass is 448 g/mol. The van der Waals surface area contributed by atoms with E-state index in [9.17, 15) is 0 Å². The summed E-state index contributed by atoms with van der Waals surface area (Å²) in [6, 6.07) is 12.9. The first-order valence-electron chi connectivity index (χ1n) is 12.5. The second-order valence-corrected chi connectivity index (χ2v) is 9.33. The van der Waals surface area contributed by atoms with E-state index in [0.29, 0.717) is 0 Å². The number of piperidine rings is 1. The summed E-state index contributed by atoms with van der Waals surface area (Å²) in [6.45, 7) is 6.48. The van der Waals surface area contributed by atoms with Crippen LogP contribution in [0.4, 0.5) is 0 Å². The summed E-state index contributed by atoms with van der Waals surface area (Å²) in [5, 5.41) is 2.65. The maximum Gasteiger partial charge on any atom is 0.161 e. The quantitative estimate of drug-likeness (QED) is 0.579. The van der Waals surface area contributed by atoms with Crippen molar-refractivity contribution in [3.05, 3.63) is 52.4 Å². The van der Waals surface area contributed by atoms with Crippen LogP contribution in [0.2, 0.25) is 0 Å². The van der Waals surface area contributed by atoms with E-state index in [1.54, 1.807) is 14.2 Å². The van der Waals surface area contributed by atoms with E-state index >= 15 is 0 Å². The Kier molecular flexibility index (Phi) is 6.77. The SMILES string of the molecule is COc1ccc(C2=c3ccc(OCCCN4CCCCC4)cc3=C3CCCN3C2)cc1OC. The molecule has 2 saturated heterocycles. The van der Waals surface area contributed by atoms with Crippen molar-refractivity contribution < 1.29 is 14.2 Å². The van der Waals surface area contributed by atoms with E-state index in [1.807, 2.05) is 6.07 Å². The van der Waals surface area contributed by atoms with Gasteiger partial charge >= 0.3 is 0 Å². The fourth-order valence-corrected chi connectivity index (χ4v) is 5.53. The molecule has 0 aromatic heterocycles. The Morgan fingerprint density at radius 2 is 1.67 bits per heavy atom. The largest absolute Gasteiger partial charge is 0.494 e. The zero-order valence-corrected chi connectivity index (χ0v) is 20.1. The number of benzene rings is 2. The molecule has 5 rings (SSSR count). The van der Waals surface area contributed by atoms with Crippen LogP contribution in [0, 0.1) is 0 Å². The first-order chi connectivity index (χ1) is 16.3. The molecule has 2 aromatic rings. The molecule has 3 aliphatic heterocycles. The Morgan fingerprint density at radius 1 is 0.818 bits per heavy atom. The lowest BCUT2D eigenvalue weighted by atomic mass is 9.97. The van der Waals surface area contributed by atoms with Crippen molar-refractivity contribution in [3.63, 3.8) is 0 Å². The minimum atomic E-state index is 0.764. The van der Waals surface area contributed by atoms with Gasteiger partial charge in [0.15, 0.2) is 11.5 Å². The Morgan fingerprint density at radius 3 is 2.48 bits per heavy atom. The van der Waals surface area contributed by atoms with Crippen LogP contribution in [0.3, 0.4) is 0 Å². The molecule has 3 aliphatic rings. The van der Waals surface area contributed by atoms with Gasteiger partial charge in [-0.1, -0.05) is 18.6 Å². The third-order valence-electron chi connectivity index (χ3n) is 7.27. The highest BCUT2D eigenvalue weighted by Gasteiger charge is 2.24. The molecule has 0 spiro atoms. The number of fused-ring (bicyclic) bond motifs is 2. The molecule has 33 heavy (non-hydrogen) atoms. The van der Waals surface area contributed by atoms with E-state index in [1.165, 1.54) is 66.0 Å². The van der Waals surface area contributed by atoms with Gasteiger partial charge in [0, 0.05) is 30.5 Å². The minimum Gasteiger partial charge on any atom is -0.494 e. The molecule has 0 aliphatic carbocycles. The Bertz CT molecular complexity index is 1100. The summed E-state index contributed by atoms with van der Waals surface area (Å²) in [6.07, 6.45) is 7.53. The van der Waals surface area contributed by atoms with Crippen molar-refractivity contribution in [1.29, 1.82) is 0 Å². The van der Waals surface area contributed by atoms with Gasteiger partial charge in [0.25, 0.3) is 0 Å². The summed E-state index contributed by atoms with van der Waals surface area (Å²) in [5.41, 5.74) is 4.00. The van der Waals surface area contributed by atoms with Gasteiger partial charge in [-0.2, -0.15) is 0 Å². The average molecular weight is 449 g/mol. The standard InChI is InChI=1S/C28H36N2O3/c1-31-27-12-9-21(18-28(27)32-2)25-20-30-16-6-8-26(30)24-19-22(10-11-23(24)25)33-17-7-15-29-13-4-3-5-14-29/h9-12,18-19H,3-8,13-17,20H2,1-2H3. The van der Waals surface area contributed by atoms with E-state index < -0.39 is 0 Å². The minimum absolute atomic E-state index is 0.764. The first kappa shape index (κ1) is 22.1. The van der Waals surface area contributed by atoms with Crippen LogP contribution in [0.1, 0.15) is 44.1 Å². The number of hydrogen-bond donors (Lipinski definition) is 0. The second kappa shape index (κ2) is 10.1. The zero-order valence-electron chi connectivity index (χ0n) is 20.1. The van der Waals surface area contributed by atoms with Crippen LogP contribution in [0.25, 0.3) is 11.3 Å². The van der Waals surface area contributed by atoms with Crippen molar-refractivity contribution in [2.75, 3.05) is 53.6 Å². The number of likely N-dealkylation sites (tertiary alicyclic amines) is 1. The highest BCUT2D eigenvalue weighted by Crippen LogP contribution is 2.32. The van der Waals surface area contributed by atoms with Crippen LogP contribution < -0.4 is 24.6 Å². The molecule has 2 aromatic carbocycles. The lowest BCUT2D eigenvalue weighted by molar-refractivity contribution is 0.205. The van der Waals surface area contributed by atoms with Gasteiger partial charge in [-0.05, 0) is 85.8 Å². The van der Waals surface area contributed by atoms with Gasteiger partial charge in [-0.25, -0.2) is 0 Å². The number of ether oxygens (including phenoxy) is 3. The molecule has 176 valence electrons. The first-order valence-corrected chi connectivity index (χ1v) is 12.5. The lowest BCUT2D eigenvalue weighted by Gasteiger charge is -2.27. The molecule has 5 heteroatoms. The van der Waals surface area contributed by atoms with Crippen LogP contribution in [-0.2, 0) is 0 Å². The molecule has 0 N–H and O–H groups in total. The third-order valence-corrected chi connectivity index (χ3v) is 7.27. The Balaban J connectivity index is 1.41. The van der Waals surface area contributed by atoms with Gasteiger partial charge in [0.05, 0.1) is 20.8 Å². The predicted octanol–water partition coefficient (Wildman–Crippen LogP) is 3.38. The summed E-state index contributed by atoms with van der Waals surface area (Å²) in [7, 11) is 3.38. The van der Waals surface area contributed by atoms with Crippen LogP contribution in [0.5, 0.6) is 17.2 Å². The van der Waals surface area contributed by atoms with Crippen LogP contribution >= 0.6 is 0 Å². The van der Waals surface area contributed by atoms with E-state index in [-0.39, 0.29) is 0 Å². The zero-order chi connectivity index (χ0) is 22.6. The van der Waals surface area contributed by atoms with Gasteiger partial charge in [-0.15, -0.1) is 0 Å². The van der Waals surface area contributed by atoms with Gasteiger partial charge in [0.2, 0.25) is 0 Å². The maximum atomic E-state index is 6.22. The number of hydrogen-bond acceptors (Lipinski definition) is 5. The topological polar surface area (TPSA) is 34.2 Å². The Labute approximate surface area is 197 Å². The predicted molar refractivity (Wildman–Crippen MR) is 132 cm³/mol. The normalized spacial score (nSPS) is 18.2. The smallest absolute Gasteiger partial charge is 0.161 e. The molecule has 2 fully saturated rings. The van der Waals surface area contributed by atoms with Gasteiger partial charge in [0.1, 0.15) is 5.75 Å². The summed E-state index contributed by atoms with van der Waals surface area (Å²) in [4.78, 5) is 5.12. The highest BCUT2D eigenvalue weighted by molar-refractivity contribution is 5.73. The molecule has 0 amide bonds. The van der Waals surface area contributed by atoms with E-state index in [4.69, 9.17) is 14.2 Å². The molecule has 0 saturated carbocycles. The Hall–Kier alpha value is -2.66. The third kappa shape index (κ3) is 4.70. The van der Waals surface area contributed by atoms with Crippen LogP contribution in [-0.4, -0.2) is 63.4 Å². The number of methoxy groups -OCH3 is 2. The number of nitrogens with zero attached hydrogens (tertiary/aromatic N) is 2. The molecular weight excluding hydrogens is 412 g/mol. The second-order valence-electron chi connectivity index (χ2n) is 9.33. The fraction of sp³-hybridized carbons (Fsp3) is 0.500. The van der Waals surface area contributed by atoms with Crippen molar-refractivity contribution in [2.24, 2.45) is 0 Å². The average Bonchev–Trinajstić information content (AvgIpc) is 3.35. The number of rotatable bonds is 8. The molecule has 0 bridgehead atoms. The van der Waals surface area contributed by atoms with Crippen molar-refractivity contribution in [2.45, 2.75) is 38.5 Å². The molecule has 0 unspecified atom stereocenters. The van der Waals surface area contributed by atoms with Crippen molar-refractivity contribution in [3.8, 4) is 17.2 Å². The van der Waals surface area contributed by atoms with Crippen molar-refractivity contribution >= 4 is 11.3 Å². The summed E-state index contributed by atoms with van der Waals surface area (Å²) in [5.74, 6) is 2.52. The summed E-state index contributed by atoms with van der Waals surface area (Å²) >= 11 is 0. The molecule has 0 radical (unpaired) electrons.